The summed E-state index contributed by atoms with van der Waals surface area (Å²) >= 11 is 0. The number of ether oxygens (including phenoxy) is 1. The monoisotopic (exact) mass is 191 g/mol. The maximum absolute atomic E-state index is 4.94. The lowest BCUT2D eigenvalue weighted by molar-refractivity contribution is 0.289. The number of nitrogens with zero attached hydrogens (tertiary/aromatic N) is 1. The van der Waals surface area contributed by atoms with Crippen LogP contribution in [0.4, 0.5) is 0 Å². The van der Waals surface area contributed by atoms with Gasteiger partial charge in [-0.15, -0.1) is 0 Å². The van der Waals surface area contributed by atoms with E-state index in [-0.39, 0.29) is 0 Å². The van der Waals surface area contributed by atoms with E-state index in [0.29, 0.717) is 5.88 Å². The quantitative estimate of drug-likeness (QED) is 0.371. The standard InChI is InChI=1S/C12H17NO/c1-6-7-10(2)11(3)8-9-12(13-4)14-5/h6-9H,1,4H2,2-3,5H3/b10-7+,11-8+,12-9-. The molecular weight excluding hydrogens is 174 g/mol. The van der Waals surface area contributed by atoms with Gasteiger partial charge in [-0.05, 0) is 31.7 Å². The lowest BCUT2D eigenvalue weighted by atomic mass is 10.1. The minimum absolute atomic E-state index is 0.510. The zero-order valence-electron chi connectivity index (χ0n) is 9.08. The maximum Gasteiger partial charge on any atom is 0.212 e. The van der Waals surface area contributed by atoms with Crippen molar-refractivity contribution in [2.45, 2.75) is 13.8 Å². The van der Waals surface area contributed by atoms with E-state index < -0.39 is 0 Å². The summed E-state index contributed by atoms with van der Waals surface area (Å²) in [4.78, 5) is 3.69. The van der Waals surface area contributed by atoms with Gasteiger partial charge in [0.15, 0.2) is 0 Å². The number of methoxy groups -OCH3 is 1. The van der Waals surface area contributed by atoms with Crippen LogP contribution in [0.3, 0.4) is 0 Å². The summed E-state index contributed by atoms with van der Waals surface area (Å²) in [6, 6.07) is 0. The van der Waals surface area contributed by atoms with E-state index in [2.05, 4.69) is 18.3 Å². The molecule has 0 aromatic rings. The summed E-state index contributed by atoms with van der Waals surface area (Å²) < 4.78 is 4.94. The minimum Gasteiger partial charge on any atom is -0.481 e. The van der Waals surface area contributed by atoms with Crippen molar-refractivity contribution in [2.24, 2.45) is 4.99 Å². The van der Waals surface area contributed by atoms with Crippen LogP contribution in [0.1, 0.15) is 13.8 Å². The Balaban J connectivity index is 4.67. The molecule has 0 saturated carbocycles. The third kappa shape index (κ3) is 4.45. The molecule has 0 aromatic heterocycles. The first-order valence-electron chi connectivity index (χ1n) is 4.34. The molecule has 0 amide bonds. The largest absolute Gasteiger partial charge is 0.481 e. The molecule has 14 heavy (non-hydrogen) atoms. The first-order chi connectivity index (χ1) is 6.65. The highest BCUT2D eigenvalue weighted by Crippen LogP contribution is 2.09. The first kappa shape index (κ1) is 12.4. The zero-order valence-corrected chi connectivity index (χ0v) is 9.08. The molecule has 0 atom stereocenters. The minimum atomic E-state index is 0.510. The van der Waals surface area contributed by atoms with Crippen LogP contribution >= 0.6 is 0 Å². The second kappa shape index (κ2) is 6.89. The number of hydrogen-bond donors (Lipinski definition) is 0. The lowest BCUT2D eigenvalue weighted by Crippen LogP contribution is -1.81. The second-order valence-corrected chi connectivity index (χ2v) is 2.80. The van der Waals surface area contributed by atoms with Gasteiger partial charge in [0, 0.05) is 6.08 Å². The van der Waals surface area contributed by atoms with Gasteiger partial charge < -0.3 is 4.74 Å². The Hall–Kier alpha value is -1.57. The van der Waals surface area contributed by atoms with E-state index >= 15 is 0 Å². The fourth-order valence-electron chi connectivity index (χ4n) is 0.821. The molecule has 0 heterocycles. The highest BCUT2D eigenvalue weighted by molar-refractivity contribution is 5.34. The van der Waals surface area contributed by atoms with Gasteiger partial charge in [-0.1, -0.05) is 24.8 Å². The molecule has 0 unspecified atom stereocenters. The van der Waals surface area contributed by atoms with E-state index in [4.69, 9.17) is 4.74 Å². The molecule has 0 saturated heterocycles. The molecule has 0 fully saturated rings. The normalized spacial score (nSPS) is 13.8. The van der Waals surface area contributed by atoms with E-state index in [0.717, 1.165) is 11.1 Å². The van der Waals surface area contributed by atoms with E-state index in [9.17, 15) is 0 Å². The van der Waals surface area contributed by atoms with E-state index in [1.54, 1.807) is 19.3 Å². The van der Waals surface area contributed by atoms with Crippen molar-refractivity contribution in [1.82, 2.24) is 0 Å². The van der Waals surface area contributed by atoms with Crippen molar-refractivity contribution in [1.29, 1.82) is 0 Å². The smallest absolute Gasteiger partial charge is 0.212 e. The third-order valence-electron chi connectivity index (χ3n) is 1.83. The van der Waals surface area contributed by atoms with Crippen LogP contribution in [-0.4, -0.2) is 13.8 Å². The molecule has 0 N–H and O–H groups in total. The molecule has 0 bridgehead atoms. The molecule has 2 heteroatoms. The molecule has 0 radical (unpaired) electrons. The number of allylic oxidation sites excluding steroid dienone is 6. The van der Waals surface area contributed by atoms with E-state index in [1.165, 1.54) is 0 Å². The predicted molar refractivity (Wildman–Crippen MR) is 62.4 cm³/mol. The summed E-state index contributed by atoms with van der Waals surface area (Å²) in [6.07, 6.45) is 7.43. The molecule has 0 rings (SSSR count). The van der Waals surface area contributed by atoms with Gasteiger partial charge in [0.2, 0.25) is 5.88 Å². The van der Waals surface area contributed by atoms with Crippen molar-refractivity contribution >= 4 is 6.72 Å². The molecule has 0 spiro atoms. The molecule has 0 aliphatic rings. The average molecular weight is 191 g/mol. The highest BCUT2D eigenvalue weighted by Gasteiger charge is 1.91. The first-order valence-corrected chi connectivity index (χ1v) is 4.34. The van der Waals surface area contributed by atoms with E-state index in [1.807, 2.05) is 26.0 Å². The molecular formula is C12H17NO. The fraction of sp³-hybridized carbons (Fsp3) is 0.250. The van der Waals surface area contributed by atoms with Crippen LogP contribution in [0.5, 0.6) is 0 Å². The Kier molecular flexibility index (Phi) is 6.12. The lowest BCUT2D eigenvalue weighted by Gasteiger charge is -1.99. The van der Waals surface area contributed by atoms with Crippen LogP contribution in [-0.2, 0) is 4.74 Å². The second-order valence-electron chi connectivity index (χ2n) is 2.80. The third-order valence-corrected chi connectivity index (χ3v) is 1.83. The zero-order chi connectivity index (χ0) is 11.0. The summed E-state index contributed by atoms with van der Waals surface area (Å²) in [5, 5.41) is 0. The van der Waals surface area contributed by atoms with Crippen LogP contribution in [0.25, 0.3) is 0 Å². The predicted octanol–water partition coefficient (Wildman–Crippen LogP) is 3.25. The van der Waals surface area contributed by atoms with Crippen LogP contribution < -0.4 is 0 Å². The molecule has 0 aliphatic carbocycles. The maximum atomic E-state index is 4.94. The number of aliphatic imine (C=N–C) groups is 1. The van der Waals surface area contributed by atoms with Gasteiger partial charge in [-0.25, -0.2) is 4.99 Å². The topological polar surface area (TPSA) is 21.6 Å². The van der Waals surface area contributed by atoms with Crippen molar-refractivity contribution in [2.75, 3.05) is 7.11 Å². The van der Waals surface area contributed by atoms with Gasteiger partial charge in [-0.3, -0.25) is 0 Å². The Morgan fingerprint density at radius 2 is 1.71 bits per heavy atom. The van der Waals surface area contributed by atoms with Gasteiger partial charge in [0.25, 0.3) is 0 Å². The Labute approximate surface area is 86.0 Å². The van der Waals surface area contributed by atoms with Crippen molar-refractivity contribution < 1.29 is 4.74 Å². The number of rotatable bonds is 5. The van der Waals surface area contributed by atoms with Crippen LogP contribution in [0.15, 0.2) is 52.9 Å². The summed E-state index contributed by atoms with van der Waals surface area (Å²) in [7, 11) is 1.57. The van der Waals surface area contributed by atoms with Crippen LogP contribution in [0, 0.1) is 0 Å². The highest BCUT2D eigenvalue weighted by atomic mass is 16.5. The van der Waals surface area contributed by atoms with Gasteiger partial charge >= 0.3 is 0 Å². The SMILES string of the molecule is C=C/C=C(C)/C(C)=C/C=C(/N=C)OC. The molecule has 2 nitrogen and oxygen atoms in total. The molecule has 0 aromatic carbocycles. The van der Waals surface area contributed by atoms with Crippen molar-refractivity contribution in [3.05, 3.63) is 47.9 Å². The fourth-order valence-corrected chi connectivity index (χ4v) is 0.821. The molecule has 76 valence electrons. The van der Waals surface area contributed by atoms with Gasteiger partial charge in [0.1, 0.15) is 0 Å². The number of hydrogen-bond acceptors (Lipinski definition) is 2. The Bertz CT molecular complexity index is 295. The Morgan fingerprint density at radius 1 is 1.14 bits per heavy atom. The van der Waals surface area contributed by atoms with Crippen LogP contribution in [0.2, 0.25) is 0 Å². The summed E-state index contributed by atoms with van der Waals surface area (Å²) in [5.74, 6) is 0.510. The average Bonchev–Trinajstić information content (AvgIpc) is 2.19. The summed E-state index contributed by atoms with van der Waals surface area (Å²) in [5.41, 5.74) is 2.30. The van der Waals surface area contributed by atoms with Crippen molar-refractivity contribution in [3.8, 4) is 0 Å². The molecule has 0 aliphatic heterocycles. The van der Waals surface area contributed by atoms with Gasteiger partial charge in [-0.2, -0.15) is 0 Å². The Morgan fingerprint density at radius 3 is 2.14 bits per heavy atom. The summed E-state index contributed by atoms with van der Waals surface area (Å²) in [6.45, 7) is 11.1. The van der Waals surface area contributed by atoms with Gasteiger partial charge in [0.05, 0.1) is 7.11 Å². The van der Waals surface area contributed by atoms with Crippen molar-refractivity contribution in [3.63, 3.8) is 0 Å².